The van der Waals surface area contributed by atoms with E-state index >= 15 is 0 Å². The third-order valence-corrected chi connectivity index (χ3v) is 7.02. The van der Waals surface area contributed by atoms with Crippen molar-refractivity contribution in [1.29, 1.82) is 0 Å². The van der Waals surface area contributed by atoms with E-state index in [4.69, 9.17) is 14.1 Å². The maximum Gasteiger partial charge on any atom is 0.420 e. The highest BCUT2D eigenvalue weighted by Gasteiger charge is 2.33. The van der Waals surface area contributed by atoms with E-state index in [1.165, 1.54) is 27.3 Å². The molecule has 0 bridgehead atoms. The number of aromatic nitrogens is 3. The van der Waals surface area contributed by atoms with Gasteiger partial charge in [-0.25, -0.2) is 19.3 Å². The van der Waals surface area contributed by atoms with Crippen molar-refractivity contribution in [2.24, 2.45) is 0 Å². The fourth-order valence-electron chi connectivity index (χ4n) is 3.76. The van der Waals surface area contributed by atoms with Gasteiger partial charge in [-0.2, -0.15) is 10.0 Å². The molecule has 0 aliphatic heterocycles. The number of methoxy groups -OCH3 is 2. The van der Waals surface area contributed by atoms with Gasteiger partial charge in [0.15, 0.2) is 0 Å². The number of hydrogen-bond donors (Lipinski definition) is 4. The van der Waals surface area contributed by atoms with Crippen LogP contribution in [0.4, 0.5) is 0 Å². The Morgan fingerprint density at radius 1 is 1.12 bits per heavy atom. The molecule has 3 rings (SSSR count). The standard InChI is InChI=1S/C25H35N6O8P/c1-17(24(32)36-3)30-40(34,35)39-31(18(2)25(33)37-4)12-8-11-26-13-20-14-27-22-21(20)28-16-29-23(22)38-15-19-9-6-5-7-10-19/h5-7,9-10,14,16-18,26-27H,8,11-13,15H2,1-4H3,(H2,30,34,35). The van der Waals surface area contributed by atoms with Crippen LogP contribution in [0.5, 0.6) is 5.88 Å². The molecule has 0 aliphatic carbocycles. The number of hydrogen-bond acceptors (Lipinski definition) is 11. The lowest BCUT2D eigenvalue weighted by Crippen LogP contribution is -2.42. The molecule has 0 radical (unpaired) electrons. The SMILES string of the molecule is COC(=O)C(C)NP(=O)(O)ON(CCCNCc1c[nH]c2c(OCc3ccccc3)ncnc12)C(C)C(=O)OC. The van der Waals surface area contributed by atoms with Crippen LogP contribution < -0.4 is 15.1 Å². The lowest BCUT2D eigenvalue weighted by molar-refractivity contribution is -0.164. The molecule has 1 aromatic carbocycles. The summed E-state index contributed by atoms with van der Waals surface area (Å²) in [7, 11) is -2.15. The van der Waals surface area contributed by atoms with Gasteiger partial charge < -0.3 is 29.4 Å². The quantitative estimate of drug-likeness (QED) is 0.0841. The van der Waals surface area contributed by atoms with Crippen LogP contribution in [-0.2, 0) is 41.4 Å². The van der Waals surface area contributed by atoms with Gasteiger partial charge in [0.2, 0.25) is 5.88 Å². The van der Waals surface area contributed by atoms with E-state index in [1.54, 1.807) is 0 Å². The molecule has 0 fully saturated rings. The lowest BCUT2D eigenvalue weighted by Gasteiger charge is -2.28. The molecule has 0 saturated carbocycles. The van der Waals surface area contributed by atoms with Crippen molar-refractivity contribution in [2.75, 3.05) is 27.3 Å². The van der Waals surface area contributed by atoms with Crippen molar-refractivity contribution in [3.8, 4) is 5.88 Å². The molecule has 4 N–H and O–H groups in total. The summed E-state index contributed by atoms with van der Waals surface area (Å²) in [5.41, 5.74) is 3.34. The first kappa shape index (κ1) is 31.1. The Labute approximate surface area is 231 Å². The van der Waals surface area contributed by atoms with Gasteiger partial charge in [-0.15, -0.1) is 0 Å². The Balaban J connectivity index is 1.55. The fraction of sp³-hybridized carbons (Fsp3) is 0.440. The summed E-state index contributed by atoms with van der Waals surface area (Å²) in [5, 5.41) is 6.53. The number of esters is 2. The van der Waals surface area contributed by atoms with Gasteiger partial charge in [0.25, 0.3) is 0 Å². The van der Waals surface area contributed by atoms with E-state index in [2.05, 4.69) is 30.1 Å². The Morgan fingerprint density at radius 2 is 1.85 bits per heavy atom. The molecular weight excluding hydrogens is 543 g/mol. The molecule has 0 aliphatic rings. The largest absolute Gasteiger partial charge is 0.471 e. The van der Waals surface area contributed by atoms with E-state index < -0.39 is 31.8 Å². The number of fused-ring (bicyclic) bond motifs is 1. The minimum absolute atomic E-state index is 0.107. The summed E-state index contributed by atoms with van der Waals surface area (Å²) < 4.78 is 33.0. The van der Waals surface area contributed by atoms with Crippen molar-refractivity contribution in [3.05, 3.63) is 54.0 Å². The maximum atomic E-state index is 12.6. The molecule has 0 saturated heterocycles. The number of aromatic amines is 1. The van der Waals surface area contributed by atoms with Crippen molar-refractivity contribution >= 4 is 30.7 Å². The van der Waals surface area contributed by atoms with Gasteiger partial charge in [0.1, 0.15) is 30.5 Å². The Morgan fingerprint density at radius 3 is 2.55 bits per heavy atom. The minimum Gasteiger partial charge on any atom is -0.471 e. The number of H-pyrrole nitrogens is 1. The molecule has 3 aromatic rings. The van der Waals surface area contributed by atoms with Gasteiger partial charge in [-0.3, -0.25) is 9.59 Å². The predicted molar refractivity (Wildman–Crippen MR) is 145 cm³/mol. The highest BCUT2D eigenvalue weighted by molar-refractivity contribution is 7.50. The van der Waals surface area contributed by atoms with Crippen molar-refractivity contribution in [3.63, 3.8) is 0 Å². The van der Waals surface area contributed by atoms with Gasteiger partial charge in [-0.1, -0.05) is 30.3 Å². The zero-order valence-corrected chi connectivity index (χ0v) is 23.7. The van der Waals surface area contributed by atoms with Crippen LogP contribution in [0, 0.1) is 0 Å². The number of nitrogens with zero attached hydrogens (tertiary/aromatic N) is 3. The normalized spacial score (nSPS) is 14.4. The highest BCUT2D eigenvalue weighted by atomic mass is 31.2. The molecule has 0 spiro atoms. The summed E-state index contributed by atoms with van der Waals surface area (Å²) in [6.07, 6.45) is 3.72. The molecule has 2 heterocycles. The second-order valence-electron chi connectivity index (χ2n) is 8.84. The predicted octanol–water partition coefficient (Wildman–Crippen LogP) is 2.06. The number of nitrogens with one attached hydrogen (secondary N) is 3. The van der Waals surface area contributed by atoms with E-state index in [9.17, 15) is 19.0 Å². The summed E-state index contributed by atoms with van der Waals surface area (Å²) >= 11 is 0. The molecule has 40 heavy (non-hydrogen) atoms. The van der Waals surface area contributed by atoms with Crippen molar-refractivity contribution < 1.29 is 37.9 Å². The molecule has 218 valence electrons. The molecule has 15 heteroatoms. The topological polar surface area (TPSA) is 177 Å². The first-order valence-corrected chi connectivity index (χ1v) is 14.1. The van der Waals surface area contributed by atoms with Crippen LogP contribution in [0.2, 0.25) is 0 Å². The maximum absolute atomic E-state index is 12.6. The first-order valence-electron chi connectivity index (χ1n) is 12.6. The third-order valence-electron chi connectivity index (χ3n) is 5.87. The van der Waals surface area contributed by atoms with Crippen LogP contribution in [0.3, 0.4) is 0 Å². The zero-order chi connectivity index (χ0) is 29.1. The summed E-state index contributed by atoms with van der Waals surface area (Å²) in [6.45, 7) is 4.26. The van der Waals surface area contributed by atoms with E-state index in [1.807, 2.05) is 36.5 Å². The van der Waals surface area contributed by atoms with Crippen LogP contribution >= 0.6 is 7.75 Å². The zero-order valence-electron chi connectivity index (χ0n) is 22.8. The van der Waals surface area contributed by atoms with Crippen LogP contribution in [0.25, 0.3) is 11.0 Å². The monoisotopic (exact) mass is 578 g/mol. The number of rotatable bonds is 16. The smallest absolute Gasteiger partial charge is 0.420 e. The van der Waals surface area contributed by atoms with Crippen molar-refractivity contribution in [2.45, 2.75) is 45.5 Å². The Bertz CT molecular complexity index is 1310. The molecule has 2 aromatic heterocycles. The highest BCUT2D eigenvalue weighted by Crippen LogP contribution is 2.39. The average molecular weight is 579 g/mol. The molecule has 14 nitrogen and oxygen atoms in total. The van der Waals surface area contributed by atoms with Gasteiger partial charge in [-0.05, 0) is 32.4 Å². The van der Waals surface area contributed by atoms with E-state index in [0.29, 0.717) is 37.5 Å². The summed E-state index contributed by atoms with van der Waals surface area (Å²) in [4.78, 5) is 45.7. The first-order chi connectivity index (χ1) is 19.1. The number of hydroxylamine groups is 2. The fourth-order valence-corrected chi connectivity index (χ4v) is 4.91. The van der Waals surface area contributed by atoms with E-state index in [-0.39, 0.29) is 6.54 Å². The molecular formula is C25H35N6O8P. The minimum atomic E-state index is -4.51. The number of carbonyl (C=O) groups excluding carboxylic acids is 2. The summed E-state index contributed by atoms with van der Waals surface area (Å²) in [5.74, 6) is -0.946. The van der Waals surface area contributed by atoms with Crippen LogP contribution in [0.15, 0.2) is 42.9 Å². The van der Waals surface area contributed by atoms with E-state index in [0.717, 1.165) is 28.8 Å². The Hall–Kier alpha value is -3.39. The van der Waals surface area contributed by atoms with Gasteiger partial charge in [0, 0.05) is 24.8 Å². The van der Waals surface area contributed by atoms with Crippen molar-refractivity contribution in [1.82, 2.24) is 30.4 Å². The lowest BCUT2D eigenvalue weighted by atomic mass is 10.2. The number of ether oxygens (including phenoxy) is 3. The van der Waals surface area contributed by atoms with Gasteiger partial charge >= 0.3 is 19.7 Å². The third kappa shape index (κ3) is 8.81. The number of carbonyl (C=O) groups is 2. The second-order valence-corrected chi connectivity index (χ2v) is 10.3. The summed E-state index contributed by atoms with van der Waals surface area (Å²) in [6, 6.07) is 7.68. The van der Waals surface area contributed by atoms with Crippen LogP contribution in [-0.4, -0.2) is 76.2 Å². The average Bonchev–Trinajstić information content (AvgIpc) is 3.37. The second kappa shape index (κ2) is 14.8. The number of benzene rings is 1. The molecule has 3 atom stereocenters. The molecule has 3 unspecified atom stereocenters. The Kier molecular flexibility index (Phi) is 11.6. The van der Waals surface area contributed by atoms with Crippen LogP contribution in [0.1, 0.15) is 31.4 Å². The molecule has 0 amide bonds. The van der Waals surface area contributed by atoms with Gasteiger partial charge in [0.05, 0.1) is 19.7 Å².